The lowest BCUT2D eigenvalue weighted by molar-refractivity contribution is -0.0660. The van der Waals surface area contributed by atoms with Gasteiger partial charge in [-0.05, 0) is 65.6 Å². The van der Waals surface area contributed by atoms with Crippen LogP contribution in [-0.4, -0.2) is 82.4 Å². The van der Waals surface area contributed by atoms with Crippen molar-refractivity contribution in [2.45, 2.75) is 45.8 Å². The molecule has 0 bridgehead atoms. The number of pyridine rings is 3. The number of anilines is 4. The summed E-state index contributed by atoms with van der Waals surface area (Å²) in [5, 5.41) is 13.9. The van der Waals surface area contributed by atoms with Crippen molar-refractivity contribution >= 4 is 40.3 Å². The number of ether oxygens (including phenoxy) is 1. The Morgan fingerprint density at radius 2 is 1.85 bits per heavy atom. The highest BCUT2D eigenvalue weighted by molar-refractivity contribution is 7.14. The molecule has 0 saturated carbocycles. The summed E-state index contributed by atoms with van der Waals surface area (Å²) in [6, 6.07) is 8.09. The summed E-state index contributed by atoms with van der Waals surface area (Å²) in [5.41, 5.74) is 6.01. The van der Waals surface area contributed by atoms with Gasteiger partial charge in [-0.3, -0.25) is 19.4 Å². The third-order valence-electron chi connectivity index (χ3n) is 10.3. The minimum atomic E-state index is -0.304. The van der Waals surface area contributed by atoms with Crippen LogP contribution in [0.5, 0.6) is 0 Å². The molecule has 4 aromatic heterocycles. The average molecular weight is 668 g/mol. The van der Waals surface area contributed by atoms with Crippen LogP contribution in [0.1, 0.15) is 45.1 Å². The van der Waals surface area contributed by atoms with Gasteiger partial charge in [0.1, 0.15) is 17.3 Å². The van der Waals surface area contributed by atoms with Crippen LogP contribution in [0.25, 0.3) is 11.1 Å². The van der Waals surface area contributed by atoms with E-state index in [1.165, 1.54) is 20.6 Å². The lowest BCUT2D eigenvalue weighted by Crippen LogP contribution is -2.56. The number of piperazine rings is 1. The molecular formula is C36H41N7O4S. The lowest BCUT2D eigenvalue weighted by Gasteiger charge is -2.43. The van der Waals surface area contributed by atoms with Gasteiger partial charge in [0.15, 0.2) is 0 Å². The normalized spacial score (nSPS) is 19.3. The van der Waals surface area contributed by atoms with Crippen LogP contribution >= 0.6 is 11.3 Å². The van der Waals surface area contributed by atoms with Gasteiger partial charge in [-0.1, -0.05) is 13.8 Å². The zero-order valence-electron chi connectivity index (χ0n) is 27.7. The number of aryl methyl sites for hydroxylation is 1. The number of fused-ring (bicyclic) bond motifs is 3. The molecule has 4 aliphatic rings. The van der Waals surface area contributed by atoms with Crippen LogP contribution in [0.2, 0.25) is 0 Å². The van der Waals surface area contributed by atoms with E-state index >= 15 is 0 Å². The highest BCUT2D eigenvalue weighted by atomic mass is 32.1. The van der Waals surface area contributed by atoms with E-state index in [1.54, 1.807) is 41.7 Å². The maximum atomic E-state index is 13.9. The maximum Gasteiger partial charge on any atom is 0.274 e. The van der Waals surface area contributed by atoms with Crippen molar-refractivity contribution in [3.05, 3.63) is 79.7 Å². The summed E-state index contributed by atoms with van der Waals surface area (Å²) >= 11 is 1.62. The monoisotopic (exact) mass is 667 g/mol. The molecule has 2 fully saturated rings. The minimum Gasteiger partial charge on any atom is -0.392 e. The SMILES string of the molecule is Cn1cc(-c2ccnc(N3CCc4c(sc5c4CC(C)(C)C5)C3=O)c2CO)cc(Nc2ccc(N3CCN(C4COC4)CC3)cn2)c1=O. The van der Waals surface area contributed by atoms with Gasteiger partial charge in [-0.15, -0.1) is 11.3 Å². The van der Waals surface area contributed by atoms with E-state index in [0.29, 0.717) is 41.0 Å². The van der Waals surface area contributed by atoms with Gasteiger partial charge in [0.2, 0.25) is 0 Å². The van der Waals surface area contributed by atoms with E-state index in [9.17, 15) is 14.7 Å². The minimum absolute atomic E-state index is 0.0556. The molecule has 4 aromatic rings. The fourth-order valence-electron chi connectivity index (χ4n) is 7.62. The third-order valence-corrected chi connectivity index (χ3v) is 11.5. The van der Waals surface area contributed by atoms with E-state index in [1.807, 2.05) is 24.4 Å². The van der Waals surface area contributed by atoms with Crippen LogP contribution in [0.3, 0.4) is 0 Å². The van der Waals surface area contributed by atoms with Gasteiger partial charge in [0.05, 0.1) is 42.6 Å². The van der Waals surface area contributed by atoms with Gasteiger partial charge >= 0.3 is 0 Å². The number of aliphatic hydroxyl groups excluding tert-OH is 1. The predicted molar refractivity (Wildman–Crippen MR) is 188 cm³/mol. The topological polar surface area (TPSA) is 116 Å². The first-order valence-corrected chi connectivity index (χ1v) is 17.6. The number of aromatic nitrogens is 3. The molecule has 2 N–H and O–H groups in total. The van der Waals surface area contributed by atoms with Crippen molar-refractivity contribution < 1.29 is 14.6 Å². The summed E-state index contributed by atoms with van der Waals surface area (Å²) in [7, 11) is 1.70. The molecule has 12 heteroatoms. The Morgan fingerprint density at radius 1 is 1.04 bits per heavy atom. The Kier molecular flexibility index (Phi) is 7.86. The zero-order valence-corrected chi connectivity index (χ0v) is 28.5. The number of hydrogen-bond donors (Lipinski definition) is 2. The van der Waals surface area contributed by atoms with Gasteiger partial charge in [0.25, 0.3) is 11.5 Å². The second-order valence-corrected chi connectivity index (χ2v) is 15.3. The van der Waals surface area contributed by atoms with E-state index in [2.05, 4.69) is 38.9 Å². The number of amides is 1. The van der Waals surface area contributed by atoms with Gasteiger partial charge in [0, 0.05) is 68.2 Å². The summed E-state index contributed by atoms with van der Waals surface area (Å²) in [6.07, 6.45) is 8.04. The number of rotatable bonds is 7. The molecular weight excluding hydrogens is 627 g/mol. The Hall–Kier alpha value is -4.10. The number of thiophene rings is 1. The molecule has 3 aliphatic heterocycles. The quantitative estimate of drug-likeness (QED) is 0.302. The van der Waals surface area contributed by atoms with Crippen molar-refractivity contribution in [3.8, 4) is 11.1 Å². The molecule has 1 aliphatic carbocycles. The smallest absolute Gasteiger partial charge is 0.274 e. The maximum absolute atomic E-state index is 13.9. The van der Waals surface area contributed by atoms with E-state index in [-0.39, 0.29) is 23.5 Å². The highest BCUT2D eigenvalue weighted by Crippen LogP contribution is 2.46. The molecule has 48 heavy (non-hydrogen) atoms. The summed E-state index contributed by atoms with van der Waals surface area (Å²) in [6.45, 7) is 10.3. The van der Waals surface area contributed by atoms with Gasteiger partial charge in [-0.25, -0.2) is 9.97 Å². The zero-order chi connectivity index (χ0) is 33.2. The Balaban J connectivity index is 1.03. The Morgan fingerprint density at radius 3 is 2.56 bits per heavy atom. The molecule has 0 atom stereocenters. The standard InChI is InChI=1S/C36H41N7O4S/c1-36(2)15-27-26-7-9-43(35(46)32(26)48-30(27)16-36)33-28(19-44)25(6-8-37-33)22-14-29(34(45)40(3)18-22)39-31-5-4-23(17-38-31)41-10-12-42(13-11-41)24-20-47-21-24/h4-6,8,14,17-18,24,44H,7,9-13,15-16,19-21H2,1-3H3,(H,38,39). The Labute approximate surface area is 283 Å². The molecule has 8 rings (SSSR count). The largest absolute Gasteiger partial charge is 0.392 e. The molecule has 11 nitrogen and oxygen atoms in total. The van der Waals surface area contributed by atoms with Crippen molar-refractivity contribution in [1.29, 1.82) is 0 Å². The average Bonchev–Trinajstić information content (AvgIpc) is 3.55. The molecule has 0 unspecified atom stereocenters. The third kappa shape index (κ3) is 5.50. The number of hydrogen-bond acceptors (Lipinski definition) is 10. The summed E-state index contributed by atoms with van der Waals surface area (Å²) < 4.78 is 6.88. The highest BCUT2D eigenvalue weighted by Gasteiger charge is 2.39. The predicted octanol–water partition coefficient (Wildman–Crippen LogP) is 3.99. The van der Waals surface area contributed by atoms with Gasteiger partial charge < -0.3 is 24.6 Å². The van der Waals surface area contributed by atoms with Crippen molar-refractivity contribution in [3.63, 3.8) is 0 Å². The first kappa shape index (κ1) is 31.2. The number of nitrogens with one attached hydrogen (secondary N) is 1. The summed E-state index contributed by atoms with van der Waals surface area (Å²) in [5.74, 6) is 0.971. The fraction of sp³-hybridized carbons (Fsp3) is 0.444. The molecule has 0 aromatic carbocycles. The van der Waals surface area contributed by atoms with Crippen LogP contribution in [0, 0.1) is 5.41 Å². The van der Waals surface area contributed by atoms with Crippen LogP contribution in [0.4, 0.5) is 23.0 Å². The first-order chi connectivity index (χ1) is 23.2. The second-order valence-electron chi connectivity index (χ2n) is 14.2. The van der Waals surface area contributed by atoms with Crippen LogP contribution in [-0.2, 0) is 37.7 Å². The van der Waals surface area contributed by atoms with Crippen LogP contribution in [0.15, 0.2) is 47.7 Å². The van der Waals surface area contributed by atoms with E-state index in [0.717, 1.165) is 74.8 Å². The molecule has 7 heterocycles. The molecule has 1 amide bonds. The van der Waals surface area contributed by atoms with Crippen molar-refractivity contribution in [1.82, 2.24) is 19.4 Å². The van der Waals surface area contributed by atoms with Crippen molar-refractivity contribution in [2.24, 2.45) is 12.5 Å². The Bertz CT molecular complexity index is 1940. The molecule has 0 radical (unpaired) electrons. The lowest BCUT2D eigenvalue weighted by atomic mass is 9.89. The molecule has 2 saturated heterocycles. The van der Waals surface area contributed by atoms with Gasteiger partial charge in [-0.2, -0.15) is 0 Å². The number of carbonyl (C=O) groups is 1. The number of carbonyl (C=O) groups excluding carboxylic acids is 1. The van der Waals surface area contributed by atoms with E-state index in [4.69, 9.17) is 4.74 Å². The first-order valence-electron chi connectivity index (χ1n) is 16.7. The number of aliphatic hydroxyl groups is 1. The van der Waals surface area contributed by atoms with E-state index < -0.39 is 0 Å². The fourth-order valence-corrected chi connectivity index (χ4v) is 9.19. The van der Waals surface area contributed by atoms with Crippen LogP contribution < -0.4 is 20.7 Å². The number of nitrogens with zero attached hydrogens (tertiary/aromatic N) is 6. The molecule has 0 spiro atoms. The molecule has 250 valence electrons. The second kappa shape index (κ2) is 12.1. The summed E-state index contributed by atoms with van der Waals surface area (Å²) in [4.78, 5) is 45.1. The van der Waals surface area contributed by atoms with Crippen molar-refractivity contribution in [2.75, 3.05) is 61.1 Å².